The maximum Gasteiger partial charge on any atom is 0.490 e. The molecule has 28 heteroatoms. The number of nitrogens with zero attached hydrogens (tertiary/aromatic N) is 7. The number of hydrogen-bond acceptors (Lipinski definition) is 18. The predicted molar refractivity (Wildman–Crippen MR) is 288 cm³/mol. The molecule has 2 aromatic heterocycles. The molecular weight excluding hydrogens is 1090 g/mol. The largest absolute Gasteiger partial charge is 0.490 e. The molecule has 1 saturated heterocycles. The van der Waals surface area contributed by atoms with Crippen LogP contribution < -0.4 is 35.8 Å². The first-order chi connectivity index (χ1) is 37.8. The summed E-state index contributed by atoms with van der Waals surface area (Å²) in [6.45, 7) is 7.41. The second-order valence-electron chi connectivity index (χ2n) is 19.8. The van der Waals surface area contributed by atoms with E-state index in [1.54, 1.807) is 11.9 Å². The lowest BCUT2D eigenvalue weighted by atomic mass is 9.86. The zero-order valence-corrected chi connectivity index (χ0v) is 46.8. The van der Waals surface area contributed by atoms with Crippen LogP contribution >= 0.6 is 23.5 Å². The van der Waals surface area contributed by atoms with Crippen molar-refractivity contribution in [2.45, 2.75) is 103 Å². The number of aliphatic hydroxyl groups is 2. The molecule has 9 rings (SSSR count). The summed E-state index contributed by atoms with van der Waals surface area (Å²) in [7, 11) is -14.9. The van der Waals surface area contributed by atoms with Gasteiger partial charge in [-0.05, 0) is 81.7 Å². The Balaban J connectivity index is 0.706. The Labute approximate surface area is 455 Å². The van der Waals surface area contributed by atoms with Crippen LogP contribution in [0, 0.1) is 0 Å². The standard InChI is InChI=1S/C51H66N9O16P3/c1-4-58-22-12-15-32-25-36-40(27-38(32)58)73-41-28-39-33(16-13-23-59(39)5-2)26-37(41)44(36)34-17-8-9-18-35(34)50(64)57(3)21-14-19-43(61)53-20-10-6-7-11-24-71-77(65,66)75-79(69,70)76-78(67,68)72-29-42-46(62)47(63)51(74-42)60-31-56-45-48(52)54-30-55-49(45)60/h8-9,17-18,25-28,30-31,42,46-47,51,62-63H,4-7,10-16,19-24,29H2,1-3H3,(H5-,52,53,54,55,61,65,66,67,68,69,70)/p+1/t42-,46-,47-,51-/m1/s1. The number of anilines is 2. The van der Waals surface area contributed by atoms with Crippen molar-refractivity contribution >= 4 is 63.5 Å². The fourth-order valence-electron chi connectivity index (χ4n) is 10.5. The molecule has 0 spiro atoms. The zero-order valence-electron chi connectivity index (χ0n) is 44.1. The van der Waals surface area contributed by atoms with Gasteiger partial charge in [0.25, 0.3) is 5.91 Å². The van der Waals surface area contributed by atoms with Crippen LogP contribution in [-0.2, 0) is 53.7 Å². The SMILES string of the molecule is CCN1CCCc2cc3c(cc21)Oc1cc2c(cc1=C3c1ccccc1C(=O)N(C)CCCC(=O)NCCCCCCOP(=O)(O)OP(=O)(O)OP(=O)(O)OC[C@H]1O[C@@H](n3cnc4c(N)ncnc43)[C@H](O)[C@@H]1O)CCC[N+]=2CC. The van der Waals surface area contributed by atoms with E-state index in [2.05, 4.69) is 81.0 Å². The summed E-state index contributed by atoms with van der Waals surface area (Å²) in [4.78, 5) is 73.4. The molecule has 3 aromatic carbocycles. The number of carbonyl (C=O) groups is 2. The van der Waals surface area contributed by atoms with E-state index in [4.69, 9.17) is 19.7 Å². The second kappa shape index (κ2) is 24.7. The fourth-order valence-corrected chi connectivity index (χ4v) is 14.1. The second-order valence-corrected chi connectivity index (χ2v) is 24.4. The number of amides is 2. The highest BCUT2D eigenvalue weighted by atomic mass is 31.3. The lowest BCUT2D eigenvalue weighted by Crippen LogP contribution is -2.39. The first kappa shape index (κ1) is 58.2. The molecule has 0 aliphatic carbocycles. The molecule has 8 N–H and O–H groups in total. The molecular formula is C51H67N9O16P3+. The van der Waals surface area contributed by atoms with E-state index in [0.717, 1.165) is 91.6 Å². The lowest BCUT2D eigenvalue weighted by Gasteiger charge is -2.33. The third-order valence-corrected chi connectivity index (χ3v) is 18.7. The molecule has 79 heavy (non-hydrogen) atoms. The third-order valence-electron chi connectivity index (χ3n) is 14.4. The van der Waals surface area contributed by atoms with Crippen LogP contribution in [0.2, 0.25) is 0 Å². The number of aliphatic hydroxyl groups excluding tert-OH is 2. The summed E-state index contributed by atoms with van der Waals surface area (Å²) in [6, 6.07) is 16.6. The van der Waals surface area contributed by atoms with Crippen molar-refractivity contribution in [1.82, 2.24) is 34.3 Å². The Morgan fingerprint density at radius 1 is 0.873 bits per heavy atom. The first-order valence-corrected chi connectivity index (χ1v) is 30.9. The summed E-state index contributed by atoms with van der Waals surface area (Å²) >= 11 is 0. The van der Waals surface area contributed by atoms with Crippen LogP contribution in [0.25, 0.3) is 16.7 Å². The van der Waals surface area contributed by atoms with Crippen molar-refractivity contribution in [2.75, 3.05) is 70.2 Å². The highest BCUT2D eigenvalue weighted by molar-refractivity contribution is 7.66. The Morgan fingerprint density at radius 2 is 1.63 bits per heavy atom. The van der Waals surface area contributed by atoms with Crippen LogP contribution in [0.1, 0.15) is 104 Å². The van der Waals surface area contributed by atoms with Gasteiger partial charge in [-0.2, -0.15) is 8.62 Å². The molecule has 2 amide bonds. The Kier molecular flexibility index (Phi) is 18.2. The zero-order chi connectivity index (χ0) is 56.2. The minimum absolute atomic E-state index is 0.0352. The minimum Gasteiger partial charge on any atom is -0.456 e. The number of imidazole rings is 1. The van der Waals surface area contributed by atoms with Gasteiger partial charge >= 0.3 is 23.5 Å². The number of phosphoric acid groups is 3. The van der Waals surface area contributed by atoms with Crippen molar-refractivity contribution in [3.8, 4) is 11.5 Å². The number of rotatable bonds is 24. The van der Waals surface area contributed by atoms with Gasteiger partial charge in [-0.1, -0.05) is 31.0 Å². The van der Waals surface area contributed by atoms with Gasteiger partial charge in [0.2, 0.25) is 11.3 Å². The Morgan fingerprint density at radius 3 is 2.42 bits per heavy atom. The van der Waals surface area contributed by atoms with Crippen molar-refractivity contribution in [1.29, 1.82) is 0 Å². The summed E-state index contributed by atoms with van der Waals surface area (Å²) in [5.41, 5.74) is 13.1. The van der Waals surface area contributed by atoms with Gasteiger partial charge in [-0.3, -0.25) is 23.2 Å². The number of aromatic nitrogens is 4. The third kappa shape index (κ3) is 13.3. The van der Waals surface area contributed by atoms with Gasteiger partial charge in [0.05, 0.1) is 25.6 Å². The number of hydrogen-bond donors (Lipinski definition) is 7. The van der Waals surface area contributed by atoms with E-state index >= 15 is 0 Å². The smallest absolute Gasteiger partial charge is 0.456 e. The number of nitrogen functional groups attached to an aromatic ring is 1. The summed E-state index contributed by atoms with van der Waals surface area (Å²) in [5, 5.41) is 26.2. The van der Waals surface area contributed by atoms with Gasteiger partial charge in [-0.15, -0.1) is 0 Å². The predicted octanol–water partition coefficient (Wildman–Crippen LogP) is 4.21. The molecule has 25 nitrogen and oxygen atoms in total. The molecule has 4 aliphatic rings. The van der Waals surface area contributed by atoms with Gasteiger partial charge < -0.3 is 55.2 Å². The van der Waals surface area contributed by atoms with Crippen LogP contribution in [0.5, 0.6) is 11.5 Å². The number of benzene rings is 3. The van der Waals surface area contributed by atoms with Gasteiger partial charge in [0, 0.05) is 85.3 Å². The molecule has 6 heterocycles. The highest BCUT2D eigenvalue weighted by Crippen LogP contribution is 2.68. The number of nitrogens with one attached hydrogen (secondary N) is 1. The number of ether oxygens (including phenoxy) is 2. The molecule has 5 aromatic rings. The molecule has 0 bridgehead atoms. The molecule has 426 valence electrons. The normalized spacial score (nSPS) is 21.0. The highest BCUT2D eigenvalue weighted by Gasteiger charge is 2.47. The number of carbonyl (C=O) groups excluding carboxylic acids is 2. The molecule has 3 unspecified atom stereocenters. The lowest BCUT2D eigenvalue weighted by molar-refractivity contribution is -0.121. The van der Waals surface area contributed by atoms with Crippen LogP contribution in [0.15, 0.2) is 61.2 Å². The average molecular weight is 1160 g/mol. The van der Waals surface area contributed by atoms with E-state index in [9.17, 15) is 48.2 Å². The Bertz CT molecular complexity index is 3380. The van der Waals surface area contributed by atoms with E-state index in [-0.39, 0.29) is 41.6 Å². The van der Waals surface area contributed by atoms with Gasteiger partial charge in [0.1, 0.15) is 54.7 Å². The number of fused-ring (bicyclic) bond motifs is 5. The quantitative estimate of drug-likeness (QED) is 0.0254. The van der Waals surface area contributed by atoms with Crippen molar-refractivity contribution in [3.63, 3.8) is 0 Å². The van der Waals surface area contributed by atoms with E-state index in [1.807, 2.05) is 24.3 Å². The van der Waals surface area contributed by atoms with Crippen molar-refractivity contribution in [3.05, 3.63) is 99.6 Å². The molecule has 0 saturated carbocycles. The molecule has 0 radical (unpaired) electrons. The summed E-state index contributed by atoms with van der Waals surface area (Å²) in [6.07, 6.45) is 2.63. The van der Waals surface area contributed by atoms with Crippen molar-refractivity contribution in [2.24, 2.45) is 0 Å². The molecule has 7 atom stereocenters. The van der Waals surface area contributed by atoms with E-state index in [0.29, 0.717) is 44.3 Å². The van der Waals surface area contributed by atoms with Gasteiger partial charge in [0.15, 0.2) is 17.7 Å². The van der Waals surface area contributed by atoms with Crippen molar-refractivity contribution < 1.29 is 75.3 Å². The monoisotopic (exact) mass is 1150 g/mol. The van der Waals surface area contributed by atoms with Crippen LogP contribution in [0.3, 0.4) is 0 Å². The number of aryl methyl sites for hydroxylation is 2. The van der Waals surface area contributed by atoms with E-state index < -0.39 is 61.2 Å². The first-order valence-electron chi connectivity index (χ1n) is 26.4. The maximum absolute atomic E-state index is 14.4. The maximum atomic E-state index is 14.4. The summed E-state index contributed by atoms with van der Waals surface area (Å²) in [5.74, 6) is 1.23. The number of nitrogens with two attached hydrogens (primary N) is 1. The number of unbranched alkanes of at least 4 members (excludes halogenated alkanes) is 3. The molecule has 4 aliphatic heterocycles. The minimum atomic E-state index is -5.79. The molecule has 1 fully saturated rings. The van der Waals surface area contributed by atoms with Gasteiger partial charge in [-0.25, -0.2) is 33.2 Å². The van der Waals surface area contributed by atoms with Crippen LogP contribution in [-0.4, -0.2) is 139 Å². The van der Waals surface area contributed by atoms with E-state index in [1.165, 1.54) is 33.1 Å². The van der Waals surface area contributed by atoms with Crippen LogP contribution in [0.4, 0.5) is 11.5 Å². The summed E-state index contributed by atoms with van der Waals surface area (Å²) < 4.78 is 71.3. The number of phosphoric ester groups is 2. The topological polar surface area (TPSA) is 333 Å². The average Bonchev–Trinajstić information content (AvgIpc) is 4.06. The fraction of sp³-hybridized carbons (Fsp3) is 0.490. The Hall–Kier alpha value is -5.49.